The van der Waals surface area contributed by atoms with E-state index in [1.807, 2.05) is 97.1 Å². The minimum Gasteiger partial charge on any atom is -0.282 e. The molecule has 0 spiro atoms. The number of benzene rings is 6. The largest absolute Gasteiger partial charge is 0.282 e. The zero-order valence-electron chi connectivity index (χ0n) is 23.2. The molecule has 0 saturated heterocycles. The van der Waals surface area contributed by atoms with Crippen molar-refractivity contribution in [3.05, 3.63) is 162 Å². The molecule has 0 unspecified atom stereocenters. The van der Waals surface area contributed by atoms with Gasteiger partial charge in [-0.3, -0.25) is 5.41 Å². The van der Waals surface area contributed by atoms with Crippen molar-refractivity contribution >= 4 is 50.2 Å². The van der Waals surface area contributed by atoms with Crippen molar-refractivity contribution in [3.63, 3.8) is 0 Å². The van der Waals surface area contributed by atoms with Gasteiger partial charge < -0.3 is 0 Å². The number of thiazole rings is 1. The second kappa shape index (κ2) is 11.8. The first-order valence-corrected chi connectivity index (χ1v) is 14.8. The molecule has 0 saturated carbocycles. The van der Waals surface area contributed by atoms with Gasteiger partial charge in [0.25, 0.3) is 0 Å². The Morgan fingerprint density at radius 1 is 0.628 bits per heavy atom. The normalized spacial score (nSPS) is 11.9. The highest BCUT2D eigenvalue weighted by Crippen LogP contribution is 2.34. The summed E-state index contributed by atoms with van der Waals surface area (Å²) >= 11 is 1.69. The van der Waals surface area contributed by atoms with E-state index in [2.05, 4.69) is 48.5 Å². The smallest absolute Gasteiger partial charge is 0.161 e. The third-order valence-corrected chi connectivity index (χ3v) is 8.34. The van der Waals surface area contributed by atoms with Crippen molar-refractivity contribution in [1.29, 1.82) is 5.41 Å². The zero-order chi connectivity index (χ0) is 29.0. The molecule has 204 valence electrons. The molecule has 1 heterocycles. The Labute approximate surface area is 253 Å². The van der Waals surface area contributed by atoms with Gasteiger partial charge in [-0.15, -0.1) is 11.3 Å². The van der Waals surface area contributed by atoms with Crippen LogP contribution in [0.1, 0.15) is 16.7 Å². The maximum absolute atomic E-state index is 8.95. The summed E-state index contributed by atoms with van der Waals surface area (Å²) in [5.74, 6) is 0.633. The van der Waals surface area contributed by atoms with Crippen molar-refractivity contribution in [2.75, 3.05) is 0 Å². The Hall–Kier alpha value is -5.52. The van der Waals surface area contributed by atoms with Crippen molar-refractivity contribution in [3.8, 4) is 21.7 Å². The number of hydrogen-bond acceptors (Lipinski definition) is 3. The van der Waals surface area contributed by atoms with Crippen LogP contribution in [-0.2, 0) is 0 Å². The van der Waals surface area contributed by atoms with Crippen LogP contribution < -0.4 is 0 Å². The van der Waals surface area contributed by atoms with Gasteiger partial charge in [0.1, 0.15) is 5.01 Å². The molecule has 0 aliphatic heterocycles. The number of aromatic nitrogens is 1. The second-order valence-electron chi connectivity index (χ2n) is 10.1. The molecule has 43 heavy (non-hydrogen) atoms. The van der Waals surface area contributed by atoms with Gasteiger partial charge in [-0.2, -0.15) is 0 Å². The molecule has 0 aliphatic rings. The summed E-state index contributed by atoms with van der Waals surface area (Å²) in [6.45, 7) is 0. The van der Waals surface area contributed by atoms with Gasteiger partial charge in [-0.05, 0) is 34.2 Å². The maximum Gasteiger partial charge on any atom is 0.161 e. The minimum absolute atomic E-state index is 0.151. The van der Waals surface area contributed by atoms with E-state index in [4.69, 9.17) is 20.4 Å². The summed E-state index contributed by atoms with van der Waals surface area (Å²) in [6.07, 6.45) is 1.79. The van der Waals surface area contributed by atoms with E-state index in [9.17, 15) is 0 Å². The molecule has 1 N–H and O–H groups in total. The lowest BCUT2D eigenvalue weighted by Crippen LogP contribution is -2.05. The van der Waals surface area contributed by atoms with E-state index in [1.54, 1.807) is 17.6 Å². The Morgan fingerprint density at radius 2 is 1.26 bits per heavy atom. The monoisotopic (exact) mass is 570 g/mol. The first-order valence-electron chi connectivity index (χ1n) is 14.0. The summed E-state index contributed by atoms with van der Waals surface area (Å²) < 4.78 is 1.14. The van der Waals surface area contributed by atoms with Gasteiger partial charge in [0.15, 0.2) is 11.7 Å². The van der Waals surface area contributed by atoms with Gasteiger partial charge in [0.2, 0.25) is 0 Å². The Morgan fingerprint density at radius 3 is 1.98 bits per heavy atom. The SMILES string of the molecule is N=C(N=C(N=Cc1ccccc1)c1ccc(-c2ccccc2)cc1)c1ccc2c(ccc3sc(-c4ccccc4)nc32)c1. The predicted octanol–water partition coefficient (Wildman–Crippen LogP) is 9.67. The topological polar surface area (TPSA) is 61.5 Å². The lowest BCUT2D eigenvalue weighted by Gasteiger charge is -2.07. The molecule has 1 aromatic heterocycles. The van der Waals surface area contributed by atoms with Gasteiger partial charge in [0, 0.05) is 28.3 Å². The Bertz CT molecular complexity index is 2110. The van der Waals surface area contributed by atoms with Gasteiger partial charge in [-0.25, -0.2) is 15.0 Å². The van der Waals surface area contributed by atoms with Gasteiger partial charge in [0.05, 0.1) is 10.2 Å². The number of nitrogens with zero attached hydrogens (tertiary/aromatic N) is 3. The molecular weight excluding hydrogens is 545 g/mol. The van der Waals surface area contributed by atoms with E-state index in [1.165, 1.54) is 0 Å². The first kappa shape index (κ1) is 26.4. The molecule has 0 atom stereocenters. The average molecular weight is 571 g/mol. The van der Waals surface area contributed by atoms with Crippen LogP contribution in [0.5, 0.6) is 0 Å². The molecule has 0 radical (unpaired) electrons. The molecule has 0 bridgehead atoms. The van der Waals surface area contributed by atoms with Crippen molar-refractivity contribution in [2.24, 2.45) is 9.98 Å². The fourth-order valence-electron chi connectivity index (χ4n) is 5.03. The summed E-state index contributed by atoms with van der Waals surface area (Å²) in [5.41, 5.74) is 6.89. The quantitative estimate of drug-likeness (QED) is 0.163. The summed E-state index contributed by atoms with van der Waals surface area (Å²) in [4.78, 5) is 14.5. The third-order valence-electron chi connectivity index (χ3n) is 7.27. The standard InChI is InChI=1S/C38H26N4S/c39-36(32-20-22-33-31(24-32)21-23-34-35(33)41-38(43-34)30-14-8-3-9-15-30)42-37(40-25-26-10-4-1-5-11-26)29-18-16-28(17-19-29)27-12-6-2-7-13-27/h1-25,39H. The van der Waals surface area contributed by atoms with E-state index < -0.39 is 0 Å². The van der Waals surface area contributed by atoms with Crippen LogP contribution in [0.25, 0.3) is 42.7 Å². The molecule has 0 amide bonds. The highest BCUT2D eigenvalue weighted by molar-refractivity contribution is 7.21. The van der Waals surface area contributed by atoms with E-state index in [0.29, 0.717) is 5.84 Å². The predicted molar refractivity (Wildman–Crippen MR) is 182 cm³/mol. The fourth-order valence-corrected chi connectivity index (χ4v) is 6.01. The second-order valence-corrected chi connectivity index (χ2v) is 11.2. The number of fused-ring (bicyclic) bond motifs is 3. The molecule has 6 aromatic carbocycles. The highest BCUT2D eigenvalue weighted by Gasteiger charge is 2.12. The molecular formula is C38H26N4S. The van der Waals surface area contributed by atoms with Crippen molar-refractivity contribution in [1.82, 2.24) is 4.98 Å². The molecule has 4 nitrogen and oxygen atoms in total. The van der Waals surface area contributed by atoms with Crippen molar-refractivity contribution in [2.45, 2.75) is 0 Å². The van der Waals surface area contributed by atoms with Crippen LogP contribution in [0.3, 0.4) is 0 Å². The molecule has 5 heteroatoms. The van der Waals surface area contributed by atoms with E-state index in [0.717, 1.165) is 59.4 Å². The van der Waals surface area contributed by atoms with Crippen molar-refractivity contribution < 1.29 is 0 Å². The van der Waals surface area contributed by atoms with Crippen LogP contribution in [0.15, 0.2) is 156 Å². The third kappa shape index (κ3) is 5.67. The van der Waals surface area contributed by atoms with Gasteiger partial charge in [-0.1, -0.05) is 133 Å². The average Bonchev–Trinajstić information content (AvgIpc) is 3.53. The summed E-state index contributed by atoms with van der Waals surface area (Å²) in [5, 5.41) is 12.0. The minimum atomic E-state index is 0.151. The maximum atomic E-state index is 8.95. The van der Waals surface area contributed by atoms with E-state index >= 15 is 0 Å². The van der Waals surface area contributed by atoms with Crippen LogP contribution in [0.4, 0.5) is 0 Å². The summed E-state index contributed by atoms with van der Waals surface area (Å²) in [6, 6.07) is 48.9. The lowest BCUT2D eigenvalue weighted by molar-refractivity contribution is 1.40. The van der Waals surface area contributed by atoms with Crippen LogP contribution in [-0.4, -0.2) is 22.9 Å². The molecule has 0 aliphatic carbocycles. The van der Waals surface area contributed by atoms with Gasteiger partial charge >= 0.3 is 0 Å². The first-order chi connectivity index (χ1) is 21.2. The molecule has 7 rings (SSSR count). The van der Waals surface area contributed by atoms with Crippen LogP contribution >= 0.6 is 11.3 Å². The lowest BCUT2D eigenvalue weighted by atomic mass is 10.0. The Balaban J connectivity index is 1.24. The summed E-state index contributed by atoms with van der Waals surface area (Å²) in [7, 11) is 0. The Kier molecular flexibility index (Phi) is 7.22. The number of hydrogen-bond donors (Lipinski definition) is 1. The number of amidine groups is 2. The number of nitrogens with one attached hydrogen (secondary N) is 1. The highest BCUT2D eigenvalue weighted by atomic mass is 32.1. The molecule has 0 fully saturated rings. The zero-order valence-corrected chi connectivity index (χ0v) is 24.0. The number of aliphatic imine (C=N–C) groups is 2. The van der Waals surface area contributed by atoms with Crippen LogP contribution in [0.2, 0.25) is 0 Å². The number of rotatable bonds is 5. The van der Waals surface area contributed by atoms with E-state index in [-0.39, 0.29) is 5.84 Å². The fraction of sp³-hybridized carbons (Fsp3) is 0. The molecule has 7 aromatic rings. The van der Waals surface area contributed by atoms with Crippen LogP contribution in [0, 0.1) is 5.41 Å².